The number of carboxylic acid groups (broad SMARTS) is 1. The van der Waals surface area contributed by atoms with Crippen molar-refractivity contribution in [2.75, 3.05) is 11.7 Å². The SMILES string of the molecule is CC(C)(C)OC(=O)CC[C@H](NNC(=O)c1ccc(N(C=O)OCC2c3ccccc3-c3ccccc32)cc1[N+](=O)[O-])C(=O)O. The van der Waals surface area contributed by atoms with Crippen molar-refractivity contribution >= 4 is 35.6 Å². The zero-order chi connectivity index (χ0) is 32.0. The van der Waals surface area contributed by atoms with E-state index in [1.807, 2.05) is 48.5 Å². The fourth-order valence-corrected chi connectivity index (χ4v) is 4.89. The molecular weight excluding hydrogens is 572 g/mol. The Morgan fingerprint density at radius 3 is 2.20 bits per heavy atom. The highest BCUT2D eigenvalue weighted by Crippen LogP contribution is 2.44. The second kappa shape index (κ2) is 13.4. The Balaban J connectivity index is 1.44. The van der Waals surface area contributed by atoms with Crippen LogP contribution in [0.3, 0.4) is 0 Å². The lowest BCUT2D eigenvalue weighted by atomic mass is 9.98. The lowest BCUT2D eigenvalue weighted by Gasteiger charge is -2.21. The van der Waals surface area contributed by atoms with Crippen LogP contribution < -0.4 is 15.9 Å². The van der Waals surface area contributed by atoms with E-state index >= 15 is 0 Å². The first kappa shape index (κ1) is 31.8. The number of hydrazine groups is 1. The quantitative estimate of drug-likeness (QED) is 0.111. The van der Waals surface area contributed by atoms with Gasteiger partial charge in [-0.25, -0.2) is 5.43 Å². The minimum Gasteiger partial charge on any atom is -0.480 e. The molecule has 1 atom stereocenters. The summed E-state index contributed by atoms with van der Waals surface area (Å²) >= 11 is 0. The molecule has 0 radical (unpaired) electrons. The number of nitrogens with zero attached hydrogens (tertiary/aromatic N) is 2. The van der Waals surface area contributed by atoms with Crippen molar-refractivity contribution in [3.05, 3.63) is 93.5 Å². The number of carbonyl (C=O) groups excluding carboxylic acids is 3. The summed E-state index contributed by atoms with van der Waals surface area (Å²) < 4.78 is 5.16. The van der Waals surface area contributed by atoms with Crippen LogP contribution in [-0.4, -0.2) is 52.5 Å². The molecular formula is C31H32N4O9. The average Bonchev–Trinajstić information content (AvgIpc) is 3.29. The van der Waals surface area contributed by atoms with Crippen LogP contribution in [0.25, 0.3) is 11.1 Å². The predicted octanol–water partition coefficient (Wildman–Crippen LogP) is 4.11. The molecule has 0 heterocycles. The first-order chi connectivity index (χ1) is 20.9. The first-order valence-corrected chi connectivity index (χ1v) is 13.7. The van der Waals surface area contributed by atoms with Crippen LogP contribution in [0.2, 0.25) is 0 Å². The van der Waals surface area contributed by atoms with Gasteiger partial charge < -0.3 is 9.84 Å². The number of rotatable bonds is 13. The van der Waals surface area contributed by atoms with Crippen molar-refractivity contribution in [3.63, 3.8) is 0 Å². The number of benzene rings is 3. The van der Waals surface area contributed by atoms with Crippen molar-refractivity contribution in [3.8, 4) is 11.1 Å². The Labute approximate surface area is 252 Å². The van der Waals surface area contributed by atoms with E-state index in [2.05, 4.69) is 10.9 Å². The zero-order valence-corrected chi connectivity index (χ0v) is 24.3. The summed E-state index contributed by atoms with van der Waals surface area (Å²) in [6.45, 7) is 5.08. The highest BCUT2D eigenvalue weighted by molar-refractivity contribution is 5.99. The molecule has 4 rings (SSSR count). The third-order valence-corrected chi connectivity index (χ3v) is 6.83. The molecule has 3 aromatic rings. The number of carboxylic acids is 1. The standard InChI is InChI=1S/C31H32N4O9/c1-31(2,3)44-28(37)15-14-26(30(39)40)32-33-29(38)24-13-12-19(16-27(24)35(41)42)34(18-36)43-17-25-22-10-6-4-8-20(22)21-9-5-7-11-23(21)25/h4-13,16,18,25-26,32H,14-15,17H2,1-3H3,(H,33,38)(H,39,40)/t26-/m0/s1. The summed E-state index contributed by atoms with van der Waals surface area (Å²) in [5.41, 5.74) is 6.84. The summed E-state index contributed by atoms with van der Waals surface area (Å²) in [5.74, 6) is -3.16. The third kappa shape index (κ3) is 7.43. The van der Waals surface area contributed by atoms with E-state index < -0.39 is 45.7 Å². The molecule has 1 aliphatic rings. The van der Waals surface area contributed by atoms with Gasteiger partial charge in [0.05, 0.1) is 17.2 Å². The van der Waals surface area contributed by atoms with Crippen LogP contribution >= 0.6 is 0 Å². The van der Waals surface area contributed by atoms with Gasteiger partial charge in [-0.3, -0.25) is 39.6 Å². The minimum atomic E-state index is -1.38. The number of hydrogen-bond donors (Lipinski definition) is 3. The number of nitro groups is 1. The molecule has 0 aliphatic heterocycles. The van der Waals surface area contributed by atoms with Crippen LogP contribution in [0.1, 0.15) is 61.0 Å². The topological polar surface area (TPSA) is 177 Å². The molecule has 0 spiro atoms. The normalized spacial score (nSPS) is 12.9. The second-order valence-electron chi connectivity index (χ2n) is 11.0. The number of hydrogen-bond acceptors (Lipinski definition) is 9. The lowest BCUT2D eigenvalue weighted by molar-refractivity contribution is -0.385. The van der Waals surface area contributed by atoms with Gasteiger partial charge in [0, 0.05) is 18.4 Å². The molecule has 0 aromatic heterocycles. The number of aliphatic carboxylic acids is 1. The van der Waals surface area contributed by atoms with E-state index in [1.165, 1.54) is 6.07 Å². The number of amides is 2. The van der Waals surface area contributed by atoms with Crippen LogP contribution in [0, 0.1) is 10.1 Å². The summed E-state index contributed by atoms with van der Waals surface area (Å²) in [4.78, 5) is 65.3. The molecule has 0 saturated carbocycles. The van der Waals surface area contributed by atoms with E-state index in [4.69, 9.17) is 9.57 Å². The minimum absolute atomic E-state index is 0.0107. The second-order valence-corrected chi connectivity index (χ2v) is 11.0. The van der Waals surface area contributed by atoms with Gasteiger partial charge in [-0.2, -0.15) is 5.06 Å². The maximum atomic E-state index is 12.8. The fourth-order valence-electron chi connectivity index (χ4n) is 4.89. The van der Waals surface area contributed by atoms with Gasteiger partial charge in [0.2, 0.25) is 6.41 Å². The highest BCUT2D eigenvalue weighted by Gasteiger charge is 2.30. The van der Waals surface area contributed by atoms with Gasteiger partial charge in [0.1, 0.15) is 17.2 Å². The van der Waals surface area contributed by atoms with Crippen LogP contribution in [0.15, 0.2) is 66.7 Å². The molecule has 3 aromatic carbocycles. The average molecular weight is 605 g/mol. The molecule has 230 valence electrons. The van der Waals surface area contributed by atoms with Crippen LogP contribution in [0.5, 0.6) is 0 Å². The smallest absolute Gasteiger partial charge is 0.322 e. The summed E-state index contributed by atoms with van der Waals surface area (Å²) in [5, 5.41) is 22.2. The van der Waals surface area contributed by atoms with E-state index in [1.54, 1.807) is 20.8 Å². The van der Waals surface area contributed by atoms with Gasteiger partial charge in [-0.05, 0) is 61.6 Å². The molecule has 44 heavy (non-hydrogen) atoms. The Kier molecular flexibility index (Phi) is 9.71. The number of carbonyl (C=O) groups is 4. The van der Waals surface area contributed by atoms with E-state index in [-0.39, 0.29) is 31.1 Å². The number of hydroxylamine groups is 1. The molecule has 13 heteroatoms. The van der Waals surface area contributed by atoms with Gasteiger partial charge in [0.25, 0.3) is 11.6 Å². The lowest BCUT2D eigenvalue weighted by Crippen LogP contribution is -2.48. The molecule has 0 fully saturated rings. The summed E-state index contributed by atoms with van der Waals surface area (Å²) in [6, 6.07) is 17.7. The molecule has 0 bridgehead atoms. The third-order valence-electron chi connectivity index (χ3n) is 6.83. The predicted molar refractivity (Wildman–Crippen MR) is 158 cm³/mol. The molecule has 1 aliphatic carbocycles. The highest BCUT2D eigenvalue weighted by atomic mass is 16.7. The van der Waals surface area contributed by atoms with Crippen LogP contribution in [0.4, 0.5) is 11.4 Å². The maximum absolute atomic E-state index is 12.8. The van der Waals surface area contributed by atoms with Crippen molar-refractivity contribution < 1.29 is 38.8 Å². The summed E-state index contributed by atoms with van der Waals surface area (Å²) in [7, 11) is 0. The number of ether oxygens (including phenoxy) is 1. The molecule has 13 nitrogen and oxygen atoms in total. The van der Waals surface area contributed by atoms with Gasteiger partial charge >= 0.3 is 11.9 Å². The molecule has 3 N–H and O–H groups in total. The molecule has 0 saturated heterocycles. The van der Waals surface area contributed by atoms with Crippen molar-refractivity contribution in [1.82, 2.24) is 10.9 Å². The van der Waals surface area contributed by atoms with E-state index in [0.29, 0.717) is 6.41 Å². The fraction of sp³-hybridized carbons (Fsp3) is 0.290. The Bertz CT molecular complexity index is 1540. The molecule has 0 unspecified atom stereocenters. The van der Waals surface area contributed by atoms with Gasteiger partial charge in [0.15, 0.2) is 0 Å². The first-order valence-electron chi connectivity index (χ1n) is 13.7. The monoisotopic (exact) mass is 604 g/mol. The number of nitro benzene ring substituents is 1. The number of anilines is 1. The number of nitrogens with one attached hydrogen (secondary N) is 2. The number of fused-ring (bicyclic) bond motifs is 3. The zero-order valence-electron chi connectivity index (χ0n) is 24.3. The van der Waals surface area contributed by atoms with Crippen molar-refractivity contribution in [2.45, 2.75) is 51.2 Å². The Hall–Kier alpha value is -5.14. The van der Waals surface area contributed by atoms with Gasteiger partial charge in [-0.15, -0.1) is 0 Å². The van der Waals surface area contributed by atoms with E-state index in [0.717, 1.165) is 39.4 Å². The molecule has 2 amide bonds. The Morgan fingerprint density at radius 2 is 1.66 bits per heavy atom. The van der Waals surface area contributed by atoms with Crippen LogP contribution in [-0.2, 0) is 24.0 Å². The summed E-state index contributed by atoms with van der Waals surface area (Å²) in [6.07, 6.45) is -0.0894. The van der Waals surface area contributed by atoms with Crippen molar-refractivity contribution in [2.24, 2.45) is 0 Å². The van der Waals surface area contributed by atoms with Gasteiger partial charge in [-0.1, -0.05) is 48.5 Å². The Morgan fingerprint density at radius 1 is 1.05 bits per heavy atom. The largest absolute Gasteiger partial charge is 0.480 e. The van der Waals surface area contributed by atoms with E-state index in [9.17, 15) is 34.4 Å². The van der Waals surface area contributed by atoms with Crippen molar-refractivity contribution in [1.29, 1.82) is 0 Å². The number of esters is 1. The maximum Gasteiger partial charge on any atom is 0.322 e.